The Bertz CT molecular complexity index is 576. The molecule has 0 spiro atoms. The maximum absolute atomic E-state index is 12.6. The number of pyridine rings is 2. The van der Waals surface area contributed by atoms with E-state index in [-0.39, 0.29) is 0 Å². The van der Waals surface area contributed by atoms with Gasteiger partial charge in [-0.2, -0.15) is 0 Å². The molecule has 0 N–H and O–H groups in total. The van der Waals surface area contributed by atoms with Crippen molar-refractivity contribution in [1.29, 1.82) is 0 Å². The highest BCUT2D eigenvalue weighted by Gasteiger charge is 2.29. The number of sulfone groups is 1. The monoisotopic (exact) mass is 276 g/mol. The fourth-order valence-electron chi connectivity index (χ4n) is 1.95. The summed E-state index contributed by atoms with van der Waals surface area (Å²) >= 11 is 0. The van der Waals surface area contributed by atoms with Gasteiger partial charge in [-0.05, 0) is 49.2 Å². The Morgan fingerprint density at radius 3 is 1.42 bits per heavy atom. The van der Waals surface area contributed by atoms with E-state index in [1.165, 1.54) is 0 Å². The SMILES string of the molecule is CC(c1ccncc1)S(=O)(=O)C(C)c1ccncc1. The first-order chi connectivity index (χ1) is 9.03. The summed E-state index contributed by atoms with van der Waals surface area (Å²) in [4.78, 5) is 7.82. The Labute approximate surface area is 113 Å². The van der Waals surface area contributed by atoms with Crippen LogP contribution in [-0.2, 0) is 9.84 Å². The summed E-state index contributed by atoms with van der Waals surface area (Å²) < 4.78 is 25.2. The third-order valence-corrected chi connectivity index (χ3v) is 5.85. The number of hydrogen-bond donors (Lipinski definition) is 0. The third-order valence-electron chi connectivity index (χ3n) is 3.34. The van der Waals surface area contributed by atoms with Crippen LogP contribution in [0.3, 0.4) is 0 Å². The molecule has 2 heterocycles. The molecule has 0 saturated heterocycles. The summed E-state index contributed by atoms with van der Waals surface area (Å²) in [6.45, 7) is 3.42. The van der Waals surface area contributed by atoms with Gasteiger partial charge >= 0.3 is 0 Å². The fraction of sp³-hybridized carbons (Fsp3) is 0.286. The van der Waals surface area contributed by atoms with Crippen molar-refractivity contribution in [2.75, 3.05) is 0 Å². The van der Waals surface area contributed by atoms with Crippen molar-refractivity contribution in [3.8, 4) is 0 Å². The summed E-state index contributed by atoms with van der Waals surface area (Å²) in [6, 6.07) is 6.95. The largest absolute Gasteiger partial charge is 0.265 e. The molecular formula is C14H16N2O2S. The topological polar surface area (TPSA) is 59.9 Å². The predicted octanol–water partition coefficient (Wildman–Crippen LogP) is 2.71. The van der Waals surface area contributed by atoms with Crippen LogP contribution in [0.5, 0.6) is 0 Å². The van der Waals surface area contributed by atoms with Crippen molar-refractivity contribution in [2.24, 2.45) is 0 Å². The normalized spacial score (nSPS) is 14.8. The van der Waals surface area contributed by atoms with Gasteiger partial charge in [0.1, 0.15) is 0 Å². The highest BCUT2D eigenvalue weighted by atomic mass is 32.2. The Kier molecular flexibility index (Phi) is 3.95. The fourth-order valence-corrected chi connectivity index (χ4v) is 3.64. The second kappa shape index (κ2) is 5.48. The van der Waals surface area contributed by atoms with E-state index < -0.39 is 20.3 Å². The quantitative estimate of drug-likeness (QED) is 0.861. The molecular weight excluding hydrogens is 260 g/mol. The second-order valence-electron chi connectivity index (χ2n) is 4.43. The second-order valence-corrected chi connectivity index (χ2v) is 7.03. The van der Waals surface area contributed by atoms with Gasteiger partial charge in [-0.15, -0.1) is 0 Å². The molecule has 0 saturated carbocycles. The zero-order valence-electron chi connectivity index (χ0n) is 10.9. The first-order valence-corrected chi connectivity index (χ1v) is 7.67. The summed E-state index contributed by atoms with van der Waals surface area (Å²) in [6.07, 6.45) is 6.44. The van der Waals surface area contributed by atoms with Crippen molar-refractivity contribution >= 4 is 9.84 Å². The number of hydrogen-bond acceptors (Lipinski definition) is 4. The van der Waals surface area contributed by atoms with Crippen molar-refractivity contribution in [1.82, 2.24) is 9.97 Å². The van der Waals surface area contributed by atoms with Gasteiger partial charge in [-0.3, -0.25) is 9.97 Å². The van der Waals surface area contributed by atoms with E-state index in [1.54, 1.807) is 62.9 Å². The average Bonchev–Trinajstić information content (AvgIpc) is 2.47. The molecule has 4 nitrogen and oxygen atoms in total. The van der Waals surface area contributed by atoms with Gasteiger partial charge in [-0.1, -0.05) is 0 Å². The predicted molar refractivity (Wildman–Crippen MR) is 74.2 cm³/mol. The van der Waals surface area contributed by atoms with E-state index in [2.05, 4.69) is 9.97 Å². The van der Waals surface area contributed by atoms with Crippen LogP contribution in [0.1, 0.15) is 35.5 Å². The van der Waals surface area contributed by atoms with Crippen LogP contribution in [-0.4, -0.2) is 18.4 Å². The smallest absolute Gasteiger partial charge is 0.163 e. The van der Waals surface area contributed by atoms with Gasteiger partial charge in [0.2, 0.25) is 0 Å². The highest BCUT2D eigenvalue weighted by Crippen LogP contribution is 2.32. The van der Waals surface area contributed by atoms with Gasteiger partial charge in [0.25, 0.3) is 0 Å². The van der Waals surface area contributed by atoms with Crippen molar-refractivity contribution < 1.29 is 8.42 Å². The van der Waals surface area contributed by atoms with Crippen molar-refractivity contribution in [3.05, 3.63) is 60.2 Å². The van der Waals surface area contributed by atoms with Crippen molar-refractivity contribution in [2.45, 2.75) is 24.3 Å². The van der Waals surface area contributed by atoms with Gasteiger partial charge in [0.15, 0.2) is 9.84 Å². The molecule has 0 fully saturated rings. The zero-order chi connectivity index (χ0) is 13.9. The number of rotatable bonds is 4. The van der Waals surface area contributed by atoms with Crippen LogP contribution in [0.4, 0.5) is 0 Å². The molecule has 0 aliphatic carbocycles. The lowest BCUT2D eigenvalue weighted by atomic mass is 10.2. The molecule has 0 amide bonds. The van der Waals surface area contributed by atoms with E-state index in [0.717, 1.165) is 11.1 Å². The van der Waals surface area contributed by atoms with Crippen LogP contribution in [0.25, 0.3) is 0 Å². The molecule has 5 heteroatoms. The molecule has 2 rings (SSSR count). The first-order valence-electron chi connectivity index (χ1n) is 6.06. The van der Waals surface area contributed by atoms with E-state index in [1.807, 2.05) is 0 Å². The molecule has 2 aromatic heterocycles. The lowest BCUT2D eigenvalue weighted by Gasteiger charge is -2.19. The number of nitrogens with zero attached hydrogens (tertiary/aromatic N) is 2. The summed E-state index contributed by atoms with van der Waals surface area (Å²) in [5, 5.41) is -1.11. The van der Waals surface area contributed by atoms with Gasteiger partial charge in [0.05, 0.1) is 10.5 Å². The van der Waals surface area contributed by atoms with Crippen LogP contribution in [0.15, 0.2) is 49.1 Å². The van der Waals surface area contributed by atoms with E-state index >= 15 is 0 Å². The lowest BCUT2D eigenvalue weighted by molar-refractivity contribution is 0.576. The minimum atomic E-state index is -3.30. The summed E-state index contributed by atoms with van der Waals surface area (Å²) in [5.41, 5.74) is 1.52. The number of aromatic nitrogens is 2. The molecule has 0 aromatic carbocycles. The maximum Gasteiger partial charge on any atom is 0.163 e. The Balaban J connectivity index is 2.33. The molecule has 0 aliphatic heterocycles. The molecule has 100 valence electrons. The van der Waals surface area contributed by atoms with Crippen LogP contribution in [0.2, 0.25) is 0 Å². The highest BCUT2D eigenvalue weighted by molar-refractivity contribution is 7.91. The van der Waals surface area contributed by atoms with Gasteiger partial charge in [-0.25, -0.2) is 8.42 Å². The average molecular weight is 276 g/mol. The molecule has 2 unspecified atom stereocenters. The Hall–Kier alpha value is -1.75. The Morgan fingerprint density at radius 1 is 0.789 bits per heavy atom. The van der Waals surface area contributed by atoms with E-state index in [9.17, 15) is 8.42 Å². The van der Waals surface area contributed by atoms with Crippen LogP contribution < -0.4 is 0 Å². The zero-order valence-corrected chi connectivity index (χ0v) is 11.7. The van der Waals surface area contributed by atoms with Crippen molar-refractivity contribution in [3.63, 3.8) is 0 Å². The molecule has 2 atom stereocenters. The standard InChI is InChI=1S/C14H16N2O2S/c1-11(13-3-7-15-8-4-13)19(17,18)12(2)14-5-9-16-10-6-14/h3-12H,1-2H3. The Morgan fingerprint density at radius 2 is 1.11 bits per heavy atom. The third kappa shape index (κ3) is 2.81. The van der Waals surface area contributed by atoms with E-state index in [0.29, 0.717) is 0 Å². The summed E-state index contributed by atoms with van der Waals surface area (Å²) in [5.74, 6) is 0. The molecule has 0 aliphatic rings. The van der Waals surface area contributed by atoms with Gasteiger partial charge in [0, 0.05) is 24.8 Å². The molecule has 2 aromatic rings. The molecule has 0 radical (unpaired) electrons. The van der Waals surface area contributed by atoms with Crippen LogP contribution in [0, 0.1) is 0 Å². The molecule has 0 bridgehead atoms. The first kappa shape index (κ1) is 13.7. The van der Waals surface area contributed by atoms with Gasteiger partial charge < -0.3 is 0 Å². The van der Waals surface area contributed by atoms with E-state index in [4.69, 9.17) is 0 Å². The maximum atomic E-state index is 12.6. The minimum Gasteiger partial charge on any atom is -0.265 e. The molecule has 19 heavy (non-hydrogen) atoms. The van der Waals surface area contributed by atoms with Crippen LogP contribution >= 0.6 is 0 Å². The minimum absolute atomic E-state index is 0.557. The summed E-state index contributed by atoms with van der Waals surface area (Å²) in [7, 11) is -3.30. The lowest BCUT2D eigenvalue weighted by Crippen LogP contribution is -2.17.